The van der Waals surface area contributed by atoms with Gasteiger partial charge in [-0.15, -0.1) is 0 Å². The number of carbonyl (C=O) groups excluding carboxylic acids is 4. The van der Waals surface area contributed by atoms with Gasteiger partial charge in [0.15, 0.2) is 11.5 Å². The number of ether oxygens (including phenoxy) is 1. The van der Waals surface area contributed by atoms with Gasteiger partial charge in [0.2, 0.25) is 23.6 Å². The molecule has 2 saturated heterocycles. The van der Waals surface area contributed by atoms with Crippen LogP contribution in [0.4, 0.5) is 5.69 Å². The third kappa shape index (κ3) is 4.65. The van der Waals surface area contributed by atoms with E-state index in [1.807, 2.05) is 73.7 Å². The van der Waals surface area contributed by atoms with Crippen molar-refractivity contribution in [1.29, 1.82) is 0 Å². The van der Waals surface area contributed by atoms with Crippen LogP contribution in [-0.2, 0) is 31.1 Å². The predicted molar refractivity (Wildman–Crippen MR) is 187 cm³/mol. The van der Waals surface area contributed by atoms with Crippen molar-refractivity contribution in [2.75, 3.05) is 11.5 Å². The number of carbonyl (C=O) groups is 4. The Morgan fingerprint density at radius 3 is 2.28 bits per heavy atom. The van der Waals surface area contributed by atoms with Crippen molar-refractivity contribution in [3.05, 3.63) is 136 Å². The minimum atomic E-state index is -1.49. The average molecular weight is 687 g/mol. The number of aromatic hydroxyl groups is 1. The molecule has 0 radical (unpaired) electrons. The number of halogens is 1. The van der Waals surface area contributed by atoms with Crippen LogP contribution in [0.15, 0.2) is 115 Å². The van der Waals surface area contributed by atoms with Gasteiger partial charge in [-0.05, 0) is 61.1 Å². The number of phenols is 1. The van der Waals surface area contributed by atoms with Crippen molar-refractivity contribution in [2.24, 2.45) is 23.7 Å². The summed E-state index contributed by atoms with van der Waals surface area (Å²) < 4.78 is 5.83. The number of phenolic OH excluding ortho intramolecular Hbond substituents is 1. The van der Waals surface area contributed by atoms with Crippen LogP contribution in [-0.4, -0.2) is 40.2 Å². The Balaban J connectivity index is 1.34. The molecule has 0 spiro atoms. The van der Waals surface area contributed by atoms with E-state index in [2.05, 4.69) is 0 Å². The fourth-order valence-electron chi connectivity index (χ4n) is 9.12. The number of likely N-dealkylation sites (tertiary alicyclic amines) is 1. The van der Waals surface area contributed by atoms with Gasteiger partial charge >= 0.3 is 0 Å². The zero-order valence-corrected chi connectivity index (χ0v) is 28.1. The van der Waals surface area contributed by atoms with Gasteiger partial charge in [0.25, 0.3) is 0 Å². The normalized spacial score (nSPS) is 27.2. The Morgan fingerprint density at radius 2 is 1.56 bits per heavy atom. The van der Waals surface area contributed by atoms with Gasteiger partial charge in [-0.25, -0.2) is 4.90 Å². The second-order valence-electron chi connectivity index (χ2n) is 13.5. The monoisotopic (exact) mass is 686 g/mol. The number of anilines is 1. The maximum Gasteiger partial charge on any atom is 0.246 e. The van der Waals surface area contributed by atoms with E-state index in [1.54, 1.807) is 42.5 Å². The van der Waals surface area contributed by atoms with E-state index in [-0.39, 0.29) is 36.3 Å². The first kappa shape index (κ1) is 32.0. The lowest BCUT2D eigenvalue weighted by molar-refractivity contribution is -0.141. The zero-order valence-electron chi connectivity index (χ0n) is 27.4. The summed E-state index contributed by atoms with van der Waals surface area (Å²) in [7, 11) is 0. The molecule has 50 heavy (non-hydrogen) atoms. The Hall–Kier alpha value is -5.21. The number of rotatable bonds is 7. The van der Waals surface area contributed by atoms with Crippen molar-refractivity contribution in [2.45, 2.75) is 37.6 Å². The van der Waals surface area contributed by atoms with Gasteiger partial charge in [-0.1, -0.05) is 102 Å². The van der Waals surface area contributed by atoms with E-state index in [0.717, 1.165) is 11.1 Å². The molecule has 2 heterocycles. The van der Waals surface area contributed by atoms with E-state index in [1.165, 1.54) is 9.80 Å². The summed E-state index contributed by atoms with van der Waals surface area (Å²) in [5, 5.41) is 12.3. The highest BCUT2D eigenvalue weighted by Crippen LogP contribution is 2.65. The van der Waals surface area contributed by atoms with E-state index < -0.39 is 46.8 Å². The first-order chi connectivity index (χ1) is 24.3. The summed E-state index contributed by atoms with van der Waals surface area (Å²) in [6.07, 6.45) is 2.45. The van der Waals surface area contributed by atoms with Crippen LogP contribution in [0.1, 0.15) is 42.4 Å². The van der Waals surface area contributed by atoms with E-state index in [4.69, 9.17) is 16.3 Å². The number of hydrogen-bond acceptors (Lipinski definition) is 6. The standard InChI is InChI=1S/C41H35ClN2O6/c1-2-50-33-18-10-17-30(36(33)45)35-28-19-20-29-34(39(48)43(37(29)46)23-24-11-5-3-6-12-24)31(28)22-32-38(47)44(27-16-9-15-26(42)21-27)40(49)41(32,35)25-13-7-4-8-14-25/h3-19,21,29,31-32,34-35,45H,2,20,22-23H2,1H3. The molecule has 1 N–H and O–H groups in total. The van der Waals surface area contributed by atoms with Gasteiger partial charge in [0.05, 0.1) is 42.0 Å². The molecule has 252 valence electrons. The minimum Gasteiger partial charge on any atom is -0.504 e. The fourth-order valence-corrected chi connectivity index (χ4v) is 9.30. The van der Waals surface area contributed by atoms with Crippen LogP contribution < -0.4 is 9.64 Å². The second-order valence-corrected chi connectivity index (χ2v) is 13.9. The van der Waals surface area contributed by atoms with Gasteiger partial charge in [-0.2, -0.15) is 0 Å². The topological polar surface area (TPSA) is 104 Å². The number of benzene rings is 4. The lowest BCUT2D eigenvalue weighted by Gasteiger charge is -2.50. The van der Waals surface area contributed by atoms with Crippen molar-refractivity contribution in [3.8, 4) is 11.5 Å². The number of fused-ring (bicyclic) bond motifs is 4. The smallest absolute Gasteiger partial charge is 0.246 e. The summed E-state index contributed by atoms with van der Waals surface area (Å²) in [5.74, 6) is -4.86. The molecular weight excluding hydrogens is 652 g/mol. The molecule has 6 atom stereocenters. The second kappa shape index (κ2) is 12.3. The summed E-state index contributed by atoms with van der Waals surface area (Å²) >= 11 is 6.40. The molecule has 4 aromatic carbocycles. The number of hydrogen-bond donors (Lipinski definition) is 1. The SMILES string of the molecule is CCOc1cccc(C2C3=CCC4C(=O)N(Cc5ccccc5)C(=O)C4C3CC3C(=O)N(c4cccc(Cl)c4)C(=O)C32c2ccccc2)c1O. The molecule has 9 heteroatoms. The average Bonchev–Trinajstić information content (AvgIpc) is 3.50. The first-order valence-electron chi connectivity index (χ1n) is 17.0. The number of para-hydroxylation sites is 1. The van der Waals surface area contributed by atoms with Crippen LogP contribution in [0.5, 0.6) is 11.5 Å². The molecule has 2 aliphatic carbocycles. The zero-order chi connectivity index (χ0) is 34.7. The lowest BCUT2D eigenvalue weighted by Crippen LogP contribution is -2.53. The number of nitrogens with zero attached hydrogens (tertiary/aromatic N) is 2. The highest BCUT2D eigenvalue weighted by Gasteiger charge is 2.70. The van der Waals surface area contributed by atoms with Gasteiger partial charge < -0.3 is 9.84 Å². The summed E-state index contributed by atoms with van der Waals surface area (Å²) in [6.45, 7) is 2.28. The van der Waals surface area contributed by atoms with Gasteiger partial charge in [0, 0.05) is 16.5 Å². The van der Waals surface area contributed by atoms with Crippen LogP contribution >= 0.6 is 11.6 Å². The van der Waals surface area contributed by atoms with Gasteiger partial charge in [-0.3, -0.25) is 24.1 Å². The molecule has 8 nitrogen and oxygen atoms in total. The number of allylic oxidation sites excluding steroid dienone is 2. The van der Waals surface area contributed by atoms with Gasteiger partial charge in [0.1, 0.15) is 0 Å². The molecule has 2 aliphatic heterocycles. The van der Waals surface area contributed by atoms with E-state index in [9.17, 15) is 19.5 Å². The molecule has 4 amide bonds. The number of imide groups is 2. The first-order valence-corrected chi connectivity index (χ1v) is 17.4. The number of amides is 4. The maximum absolute atomic E-state index is 15.4. The van der Waals surface area contributed by atoms with E-state index in [0.29, 0.717) is 34.9 Å². The largest absolute Gasteiger partial charge is 0.504 e. The minimum absolute atomic E-state index is 0.127. The molecule has 4 aromatic rings. The quantitative estimate of drug-likeness (QED) is 0.169. The Labute approximate surface area is 294 Å². The molecule has 0 aromatic heterocycles. The van der Waals surface area contributed by atoms with E-state index >= 15 is 4.79 Å². The summed E-state index contributed by atoms with van der Waals surface area (Å²) in [6, 6.07) is 30.5. The summed E-state index contributed by atoms with van der Waals surface area (Å²) in [4.78, 5) is 61.1. The third-order valence-corrected chi connectivity index (χ3v) is 11.3. The molecule has 0 bridgehead atoms. The lowest BCUT2D eigenvalue weighted by atomic mass is 9.49. The summed E-state index contributed by atoms with van der Waals surface area (Å²) in [5.41, 5.74) is 1.52. The van der Waals surface area contributed by atoms with Crippen LogP contribution in [0.25, 0.3) is 0 Å². The van der Waals surface area contributed by atoms with Crippen molar-refractivity contribution in [1.82, 2.24) is 4.90 Å². The molecule has 3 fully saturated rings. The molecule has 8 rings (SSSR count). The molecule has 4 aliphatic rings. The highest BCUT2D eigenvalue weighted by molar-refractivity contribution is 6.32. The Kier molecular flexibility index (Phi) is 7.87. The Morgan fingerprint density at radius 1 is 0.840 bits per heavy atom. The maximum atomic E-state index is 15.4. The fraction of sp³-hybridized carbons (Fsp3) is 0.268. The molecule has 1 saturated carbocycles. The molecular formula is C41H35ClN2O6. The van der Waals surface area contributed by atoms with Crippen LogP contribution in [0.2, 0.25) is 5.02 Å². The van der Waals surface area contributed by atoms with Crippen LogP contribution in [0, 0.1) is 23.7 Å². The van der Waals surface area contributed by atoms with Crippen molar-refractivity contribution >= 4 is 40.9 Å². The highest BCUT2D eigenvalue weighted by atomic mass is 35.5. The Bertz CT molecular complexity index is 2070. The molecule has 6 unspecified atom stereocenters. The van der Waals surface area contributed by atoms with Crippen molar-refractivity contribution in [3.63, 3.8) is 0 Å². The predicted octanol–water partition coefficient (Wildman–Crippen LogP) is 6.81. The van der Waals surface area contributed by atoms with Crippen molar-refractivity contribution < 1.29 is 29.0 Å². The third-order valence-electron chi connectivity index (χ3n) is 11.1. The van der Waals surface area contributed by atoms with Crippen LogP contribution in [0.3, 0.4) is 0 Å².